The number of amides is 3. The summed E-state index contributed by atoms with van der Waals surface area (Å²) < 4.78 is 0. The number of piperidine rings is 1. The molecule has 0 spiro atoms. The molecular formula is C25H25N5O5. The van der Waals surface area contributed by atoms with E-state index in [1.54, 1.807) is 0 Å². The van der Waals surface area contributed by atoms with Crippen LogP contribution in [0.3, 0.4) is 0 Å². The normalized spacial score (nSPS) is 16.3. The molecule has 5 rings (SSSR count). The van der Waals surface area contributed by atoms with Gasteiger partial charge in [0.2, 0.25) is 5.91 Å². The Balaban J connectivity index is 1.13. The molecule has 10 heteroatoms. The van der Waals surface area contributed by atoms with Crippen LogP contribution in [0.25, 0.3) is 11.0 Å². The minimum Gasteiger partial charge on any atom is -0.343 e. The highest BCUT2D eigenvalue weighted by atomic mass is 16.6. The number of carbonyl (C=O) groups is 3. The average molecular weight is 476 g/mol. The first kappa shape index (κ1) is 22.7. The number of nitro groups is 1. The van der Waals surface area contributed by atoms with Gasteiger partial charge in [0.15, 0.2) is 0 Å². The van der Waals surface area contributed by atoms with Crippen molar-refractivity contribution < 1.29 is 19.3 Å². The molecule has 35 heavy (non-hydrogen) atoms. The first-order valence-electron chi connectivity index (χ1n) is 11.7. The SMILES string of the molecule is Cc1ccc2nc(C3CCN(C(=O)CCCN4C(=O)c5ccc([N+](=O)[O-])cc5C4=O)CC3)[nH]c2c1. The molecule has 10 nitrogen and oxygen atoms in total. The van der Waals surface area contributed by atoms with Crippen molar-refractivity contribution in [2.24, 2.45) is 0 Å². The van der Waals surface area contributed by atoms with Crippen LogP contribution in [0.5, 0.6) is 0 Å². The van der Waals surface area contributed by atoms with E-state index >= 15 is 0 Å². The first-order valence-corrected chi connectivity index (χ1v) is 11.7. The molecule has 3 aromatic rings. The largest absolute Gasteiger partial charge is 0.343 e. The van der Waals surface area contributed by atoms with Gasteiger partial charge >= 0.3 is 0 Å². The molecule has 2 aliphatic heterocycles. The zero-order valence-electron chi connectivity index (χ0n) is 19.3. The quantitative estimate of drug-likeness (QED) is 0.330. The van der Waals surface area contributed by atoms with Crippen LogP contribution in [-0.2, 0) is 4.79 Å². The van der Waals surface area contributed by atoms with Gasteiger partial charge in [-0.1, -0.05) is 6.07 Å². The molecular weight excluding hydrogens is 450 g/mol. The lowest BCUT2D eigenvalue weighted by Crippen LogP contribution is -2.38. The van der Waals surface area contributed by atoms with Crippen molar-refractivity contribution >= 4 is 34.4 Å². The molecule has 2 aromatic carbocycles. The topological polar surface area (TPSA) is 130 Å². The Morgan fingerprint density at radius 3 is 2.60 bits per heavy atom. The van der Waals surface area contributed by atoms with E-state index in [0.29, 0.717) is 19.5 Å². The maximum Gasteiger partial charge on any atom is 0.270 e. The van der Waals surface area contributed by atoms with Gasteiger partial charge in [-0.3, -0.25) is 29.4 Å². The minimum atomic E-state index is -0.600. The van der Waals surface area contributed by atoms with Crippen LogP contribution in [0.1, 0.15) is 63.7 Å². The summed E-state index contributed by atoms with van der Waals surface area (Å²) >= 11 is 0. The Kier molecular flexibility index (Phi) is 5.80. The monoisotopic (exact) mass is 475 g/mol. The van der Waals surface area contributed by atoms with Crippen molar-refractivity contribution in [2.45, 2.75) is 38.5 Å². The van der Waals surface area contributed by atoms with E-state index in [1.807, 2.05) is 24.0 Å². The number of non-ortho nitro benzene ring substituents is 1. The number of nitrogens with zero attached hydrogens (tertiary/aromatic N) is 4. The van der Waals surface area contributed by atoms with Gasteiger partial charge in [-0.15, -0.1) is 0 Å². The number of carbonyl (C=O) groups excluding carboxylic acids is 3. The van der Waals surface area contributed by atoms with Gasteiger partial charge in [0.05, 0.1) is 27.1 Å². The van der Waals surface area contributed by atoms with Crippen LogP contribution < -0.4 is 0 Å². The number of rotatable bonds is 6. The van der Waals surface area contributed by atoms with E-state index in [1.165, 1.54) is 17.7 Å². The Labute approximate surface area is 201 Å². The van der Waals surface area contributed by atoms with Crippen LogP contribution in [0.15, 0.2) is 36.4 Å². The standard InChI is InChI=1S/C25H25N5O5/c1-15-4-7-20-21(13-15)27-23(26-20)16-8-11-28(12-9-16)22(31)3-2-10-29-24(32)18-6-5-17(30(34)35)14-19(18)25(29)33/h4-7,13-14,16H,2-3,8-12H2,1H3,(H,26,27). The fourth-order valence-electron chi connectivity index (χ4n) is 4.88. The maximum atomic E-state index is 12.7. The number of hydrogen-bond donors (Lipinski definition) is 1. The van der Waals surface area contributed by atoms with E-state index < -0.39 is 16.7 Å². The second-order valence-corrected chi connectivity index (χ2v) is 9.15. The minimum absolute atomic E-state index is 0.00377. The fourth-order valence-corrected chi connectivity index (χ4v) is 4.88. The molecule has 1 N–H and O–H groups in total. The number of aryl methyl sites for hydroxylation is 1. The summed E-state index contributed by atoms with van der Waals surface area (Å²) in [6.07, 6.45) is 2.21. The number of imidazole rings is 1. The number of nitro benzene ring substituents is 1. The third kappa shape index (κ3) is 4.27. The molecule has 0 saturated carbocycles. The number of benzene rings is 2. The number of hydrogen-bond acceptors (Lipinski definition) is 6. The highest BCUT2D eigenvalue weighted by molar-refractivity contribution is 6.21. The highest BCUT2D eigenvalue weighted by Crippen LogP contribution is 2.29. The number of imide groups is 1. The number of aromatic amines is 1. The Bertz CT molecular complexity index is 1360. The van der Waals surface area contributed by atoms with Crippen molar-refractivity contribution in [3.8, 4) is 0 Å². The molecule has 2 aliphatic rings. The van der Waals surface area contributed by atoms with Gasteiger partial charge in [0.25, 0.3) is 17.5 Å². The molecule has 0 atom stereocenters. The van der Waals surface area contributed by atoms with Gasteiger partial charge in [-0.05, 0) is 49.9 Å². The van der Waals surface area contributed by atoms with E-state index in [9.17, 15) is 24.5 Å². The first-order chi connectivity index (χ1) is 16.8. The molecule has 0 bridgehead atoms. The number of nitrogens with one attached hydrogen (secondary N) is 1. The zero-order chi connectivity index (χ0) is 24.7. The lowest BCUT2D eigenvalue weighted by molar-refractivity contribution is -0.384. The number of H-pyrrole nitrogens is 1. The van der Waals surface area contributed by atoms with E-state index in [-0.39, 0.29) is 41.6 Å². The molecule has 1 fully saturated rings. The van der Waals surface area contributed by atoms with E-state index in [4.69, 9.17) is 4.98 Å². The van der Waals surface area contributed by atoms with Crippen molar-refractivity contribution in [1.82, 2.24) is 19.8 Å². The smallest absolute Gasteiger partial charge is 0.270 e. The molecule has 180 valence electrons. The summed E-state index contributed by atoms with van der Waals surface area (Å²) in [6, 6.07) is 9.80. The van der Waals surface area contributed by atoms with E-state index in [2.05, 4.69) is 11.1 Å². The molecule has 0 aliphatic carbocycles. The summed E-state index contributed by atoms with van der Waals surface area (Å²) in [7, 11) is 0. The third-order valence-electron chi connectivity index (χ3n) is 6.83. The second kappa shape index (κ2) is 8.94. The summed E-state index contributed by atoms with van der Waals surface area (Å²) in [5.41, 5.74) is 3.12. The number of likely N-dealkylation sites (tertiary alicyclic amines) is 1. The predicted molar refractivity (Wildman–Crippen MR) is 127 cm³/mol. The van der Waals surface area contributed by atoms with Crippen LogP contribution in [0.2, 0.25) is 0 Å². The zero-order valence-corrected chi connectivity index (χ0v) is 19.3. The summed E-state index contributed by atoms with van der Waals surface area (Å²) in [4.78, 5) is 59.3. The lowest BCUT2D eigenvalue weighted by atomic mass is 9.96. The molecule has 1 saturated heterocycles. The summed E-state index contributed by atoms with van der Waals surface area (Å²) in [5, 5.41) is 11.0. The number of fused-ring (bicyclic) bond motifs is 2. The molecule has 0 radical (unpaired) electrons. The van der Waals surface area contributed by atoms with Gasteiger partial charge < -0.3 is 9.88 Å². The van der Waals surface area contributed by atoms with Crippen LogP contribution in [0, 0.1) is 17.0 Å². The Hall–Kier alpha value is -4.08. The van der Waals surface area contributed by atoms with Gasteiger partial charge in [0, 0.05) is 44.1 Å². The van der Waals surface area contributed by atoms with Crippen molar-refractivity contribution in [3.63, 3.8) is 0 Å². The molecule has 1 aromatic heterocycles. The van der Waals surface area contributed by atoms with Crippen molar-refractivity contribution in [1.29, 1.82) is 0 Å². The maximum absolute atomic E-state index is 12.7. The van der Waals surface area contributed by atoms with Gasteiger partial charge in [-0.25, -0.2) is 4.98 Å². The second-order valence-electron chi connectivity index (χ2n) is 9.15. The average Bonchev–Trinajstić information content (AvgIpc) is 3.38. The lowest BCUT2D eigenvalue weighted by Gasteiger charge is -2.31. The van der Waals surface area contributed by atoms with Crippen LogP contribution >= 0.6 is 0 Å². The number of aromatic nitrogens is 2. The van der Waals surface area contributed by atoms with Gasteiger partial charge in [-0.2, -0.15) is 0 Å². The molecule has 3 amide bonds. The van der Waals surface area contributed by atoms with E-state index in [0.717, 1.165) is 40.7 Å². The molecule has 0 unspecified atom stereocenters. The van der Waals surface area contributed by atoms with Crippen molar-refractivity contribution in [3.05, 3.63) is 69.0 Å². The highest BCUT2D eigenvalue weighted by Gasteiger charge is 2.36. The Morgan fingerprint density at radius 1 is 1.11 bits per heavy atom. The Morgan fingerprint density at radius 2 is 1.86 bits per heavy atom. The summed E-state index contributed by atoms with van der Waals surface area (Å²) in [6.45, 7) is 3.41. The van der Waals surface area contributed by atoms with Crippen LogP contribution in [-0.4, -0.2) is 62.0 Å². The van der Waals surface area contributed by atoms with Crippen molar-refractivity contribution in [2.75, 3.05) is 19.6 Å². The summed E-state index contributed by atoms with van der Waals surface area (Å²) in [5.74, 6) is 0.200. The van der Waals surface area contributed by atoms with Gasteiger partial charge in [0.1, 0.15) is 5.82 Å². The van der Waals surface area contributed by atoms with Crippen LogP contribution in [0.4, 0.5) is 5.69 Å². The molecule has 3 heterocycles. The predicted octanol–water partition coefficient (Wildman–Crippen LogP) is 3.56. The third-order valence-corrected chi connectivity index (χ3v) is 6.83. The fraction of sp³-hybridized carbons (Fsp3) is 0.360.